The predicted octanol–water partition coefficient (Wildman–Crippen LogP) is 4.11. The molecule has 1 amide bonds. The van der Waals surface area contributed by atoms with Gasteiger partial charge >= 0.3 is 6.09 Å². The smallest absolute Gasteiger partial charge is 0.407 e. The van der Waals surface area contributed by atoms with Gasteiger partial charge in [-0.2, -0.15) is 0 Å². The third-order valence-corrected chi connectivity index (χ3v) is 4.96. The summed E-state index contributed by atoms with van der Waals surface area (Å²) >= 11 is 16.8. The molecule has 5 atom stereocenters. The second-order valence-corrected chi connectivity index (χ2v) is 9.83. The van der Waals surface area contributed by atoms with E-state index in [0.717, 1.165) is 18.4 Å². The number of ether oxygens (including phenoxy) is 5. The number of carbonyl (C=O) groups excluding carboxylic acids is 1. The lowest BCUT2D eigenvalue weighted by molar-refractivity contribution is -0.295. The zero-order valence-electron chi connectivity index (χ0n) is 18.0. The molecule has 0 aromatic heterocycles. The lowest BCUT2D eigenvalue weighted by Gasteiger charge is -2.38. The van der Waals surface area contributed by atoms with Crippen LogP contribution in [0, 0.1) is 0 Å². The Morgan fingerprint density at radius 3 is 2.62 bits per heavy atom. The zero-order valence-corrected chi connectivity index (χ0v) is 20.3. The number of hydrogen-bond acceptors (Lipinski definition) is 7. The van der Waals surface area contributed by atoms with Gasteiger partial charge in [0.1, 0.15) is 18.8 Å². The first-order valence-electron chi connectivity index (χ1n) is 10.4. The molecule has 1 aliphatic rings. The summed E-state index contributed by atoms with van der Waals surface area (Å²) in [6, 6.07) is 8.65. The van der Waals surface area contributed by atoms with E-state index < -0.39 is 47.8 Å². The van der Waals surface area contributed by atoms with E-state index in [-0.39, 0.29) is 12.7 Å². The van der Waals surface area contributed by atoms with Crippen molar-refractivity contribution in [2.24, 2.45) is 0 Å². The van der Waals surface area contributed by atoms with Crippen LogP contribution in [0.2, 0.25) is 0 Å². The summed E-state index contributed by atoms with van der Waals surface area (Å²) in [5.41, 5.74) is 0.903. The Labute approximate surface area is 203 Å². The maximum absolute atomic E-state index is 12.1. The Balaban J connectivity index is 1.98. The Morgan fingerprint density at radius 2 is 2.03 bits per heavy atom. The fraction of sp³-hybridized carbons (Fsp3) is 0.667. The number of halogens is 3. The van der Waals surface area contributed by atoms with Gasteiger partial charge in [0.2, 0.25) is 3.79 Å². The molecule has 1 aromatic rings. The van der Waals surface area contributed by atoms with Crippen molar-refractivity contribution in [2.45, 2.75) is 61.3 Å². The minimum Gasteiger partial charge on any atom is -0.445 e. The summed E-state index contributed by atoms with van der Waals surface area (Å²) in [5.74, 6) is 0. The number of hydrogen-bond donors (Lipinski definition) is 2. The van der Waals surface area contributed by atoms with E-state index >= 15 is 0 Å². The number of alkyl carbamates (subject to hydrolysis) is 1. The fourth-order valence-corrected chi connectivity index (χ4v) is 3.04. The zero-order chi connectivity index (χ0) is 23.6. The van der Waals surface area contributed by atoms with Crippen molar-refractivity contribution in [3.8, 4) is 0 Å². The van der Waals surface area contributed by atoms with Gasteiger partial charge in [-0.05, 0) is 13.3 Å². The number of amides is 1. The molecule has 2 rings (SSSR count). The summed E-state index contributed by atoms with van der Waals surface area (Å²) in [4.78, 5) is 12.1. The monoisotopic (exact) mass is 513 g/mol. The van der Waals surface area contributed by atoms with Crippen LogP contribution >= 0.6 is 34.8 Å². The molecule has 182 valence electrons. The van der Waals surface area contributed by atoms with Crippen LogP contribution in [0.5, 0.6) is 0 Å². The van der Waals surface area contributed by atoms with E-state index in [2.05, 4.69) is 5.32 Å². The summed E-state index contributed by atoms with van der Waals surface area (Å²) in [5, 5.41) is 12.3. The molecular weight excluding hydrogens is 485 g/mol. The van der Waals surface area contributed by atoms with Crippen LogP contribution in [0.15, 0.2) is 30.3 Å². The van der Waals surface area contributed by atoms with Crippen LogP contribution in [0.25, 0.3) is 0 Å². The summed E-state index contributed by atoms with van der Waals surface area (Å²) < 4.78 is 26.8. The van der Waals surface area contributed by atoms with Gasteiger partial charge in [0.25, 0.3) is 0 Å². The largest absolute Gasteiger partial charge is 0.445 e. The van der Waals surface area contributed by atoms with Crippen LogP contribution in [0.4, 0.5) is 4.79 Å². The van der Waals surface area contributed by atoms with Crippen LogP contribution in [0.3, 0.4) is 0 Å². The molecule has 0 radical (unpaired) electrons. The number of nitrogens with one attached hydrogen (secondary N) is 1. The number of rotatable bonds is 11. The average molecular weight is 515 g/mol. The van der Waals surface area contributed by atoms with Gasteiger partial charge in [0, 0.05) is 12.2 Å². The van der Waals surface area contributed by atoms with Gasteiger partial charge in [0.15, 0.2) is 12.6 Å². The highest BCUT2D eigenvalue weighted by Gasteiger charge is 2.35. The Morgan fingerprint density at radius 1 is 1.31 bits per heavy atom. The number of carbonyl (C=O) groups is 1. The first-order chi connectivity index (χ1) is 15.2. The second-order valence-electron chi connectivity index (χ2n) is 7.31. The summed E-state index contributed by atoms with van der Waals surface area (Å²) in [7, 11) is 0. The molecule has 0 saturated carbocycles. The lowest BCUT2D eigenvalue weighted by atomic mass is 10.1. The van der Waals surface area contributed by atoms with Gasteiger partial charge in [-0.3, -0.25) is 0 Å². The number of unbranched alkanes of at least 4 members (excludes halogenated alkanes) is 1. The highest BCUT2D eigenvalue weighted by molar-refractivity contribution is 6.67. The highest BCUT2D eigenvalue weighted by atomic mass is 35.6. The fourth-order valence-electron chi connectivity index (χ4n) is 2.88. The molecule has 1 saturated heterocycles. The molecule has 0 spiro atoms. The first-order valence-corrected chi connectivity index (χ1v) is 11.6. The van der Waals surface area contributed by atoms with Crippen LogP contribution in [-0.2, 0) is 23.7 Å². The van der Waals surface area contributed by atoms with Crippen LogP contribution < -0.4 is 5.32 Å². The minimum absolute atomic E-state index is 0.240. The number of aliphatic hydroxyl groups excluding tert-OH is 1. The molecule has 2 unspecified atom stereocenters. The van der Waals surface area contributed by atoms with Crippen molar-refractivity contribution in [1.29, 1.82) is 0 Å². The quantitative estimate of drug-likeness (QED) is 0.261. The normalized spacial score (nSPS) is 23.4. The SMILES string of the molecule is CCCCO[C@@H](OC1COC(c2ccccc2)O[C@H]1C)[C@H](CO)NC(=O)OCC(Cl)(Cl)Cl. The van der Waals surface area contributed by atoms with Gasteiger partial charge in [-0.15, -0.1) is 0 Å². The van der Waals surface area contributed by atoms with Crippen LogP contribution in [0.1, 0.15) is 38.5 Å². The van der Waals surface area contributed by atoms with E-state index in [1.807, 2.05) is 44.2 Å². The molecule has 11 heteroatoms. The van der Waals surface area contributed by atoms with Gasteiger partial charge in [0.05, 0.1) is 19.3 Å². The lowest BCUT2D eigenvalue weighted by Crippen LogP contribution is -2.52. The van der Waals surface area contributed by atoms with Crippen molar-refractivity contribution in [1.82, 2.24) is 5.32 Å². The van der Waals surface area contributed by atoms with Gasteiger partial charge < -0.3 is 34.1 Å². The molecule has 0 aliphatic carbocycles. The van der Waals surface area contributed by atoms with E-state index in [4.69, 9.17) is 58.5 Å². The van der Waals surface area contributed by atoms with Gasteiger partial charge in [-0.1, -0.05) is 78.5 Å². The topological polar surface area (TPSA) is 95.5 Å². The van der Waals surface area contributed by atoms with E-state index in [9.17, 15) is 9.90 Å². The van der Waals surface area contributed by atoms with Crippen molar-refractivity contribution in [3.05, 3.63) is 35.9 Å². The summed E-state index contributed by atoms with van der Waals surface area (Å²) in [6.07, 6.45) is -1.50. The maximum atomic E-state index is 12.1. The molecular formula is C21H30Cl3NO7. The second kappa shape index (κ2) is 13.8. The molecule has 1 heterocycles. The standard InChI is InChI=1S/C21H30Cl3NO7/c1-3-4-10-28-19(16(11-26)25-20(27)30-13-21(22,23)24)32-17-12-29-18(31-14(17)2)15-8-6-5-7-9-15/h5-9,14,16-19,26H,3-4,10-13H2,1-2H3,(H,25,27)/t14-,16-,17?,18?,19-/m0/s1. The van der Waals surface area contributed by atoms with E-state index in [1.54, 1.807) is 0 Å². The predicted molar refractivity (Wildman–Crippen MR) is 121 cm³/mol. The molecule has 0 bridgehead atoms. The van der Waals surface area contributed by atoms with Crippen molar-refractivity contribution < 1.29 is 33.6 Å². The van der Waals surface area contributed by atoms with Gasteiger partial charge in [-0.25, -0.2) is 4.79 Å². The minimum atomic E-state index is -1.75. The molecule has 1 fully saturated rings. The summed E-state index contributed by atoms with van der Waals surface area (Å²) in [6.45, 7) is 3.58. The van der Waals surface area contributed by atoms with E-state index in [1.165, 1.54) is 0 Å². The average Bonchev–Trinajstić information content (AvgIpc) is 2.77. The molecule has 2 N–H and O–H groups in total. The Hall–Kier alpha value is -0.840. The number of benzene rings is 1. The van der Waals surface area contributed by atoms with Crippen molar-refractivity contribution >= 4 is 40.9 Å². The third kappa shape index (κ3) is 9.57. The first kappa shape index (κ1) is 27.4. The van der Waals surface area contributed by atoms with Crippen molar-refractivity contribution in [3.63, 3.8) is 0 Å². The molecule has 1 aliphatic heterocycles. The molecule has 8 nitrogen and oxygen atoms in total. The maximum Gasteiger partial charge on any atom is 0.407 e. The van der Waals surface area contributed by atoms with E-state index in [0.29, 0.717) is 6.61 Å². The number of aliphatic hydroxyl groups is 1. The molecule has 1 aromatic carbocycles. The third-order valence-electron chi connectivity index (χ3n) is 4.63. The highest BCUT2D eigenvalue weighted by Crippen LogP contribution is 2.28. The van der Waals surface area contributed by atoms with Crippen molar-refractivity contribution in [2.75, 3.05) is 26.4 Å². The Bertz CT molecular complexity index is 677. The van der Waals surface area contributed by atoms with Crippen LogP contribution in [-0.4, -0.2) is 66.0 Å². The number of alkyl halides is 3. The Kier molecular flexibility index (Phi) is 11.8. The molecule has 32 heavy (non-hydrogen) atoms.